The molecular weight excluding hydrogens is 331 g/mol. The van der Waals surface area contributed by atoms with Gasteiger partial charge in [0.15, 0.2) is 5.60 Å². The Balaban J connectivity index is 2.62. The lowest BCUT2D eigenvalue weighted by Crippen LogP contribution is -2.49. The van der Waals surface area contributed by atoms with Crippen LogP contribution in [0.25, 0.3) is 0 Å². The maximum Gasteiger partial charge on any atom is 0.416 e. The van der Waals surface area contributed by atoms with Crippen LogP contribution in [0.4, 0.5) is 19.0 Å². The number of aliphatic hydroxyl groups excluding tert-OH is 1. The van der Waals surface area contributed by atoms with E-state index in [2.05, 4.69) is 10.3 Å². The number of hydrogen-bond donors (Lipinski definition) is 3. The lowest BCUT2D eigenvalue weighted by molar-refractivity contribution is -0.139. The number of rotatable bonds is 2. The SMILES string of the molecule is CNC(=O)C1[C@H](O)C(C)(O)C(=O)N1c1cc(C(F)(F)F)cc(C)n1. The highest BCUT2D eigenvalue weighted by Crippen LogP contribution is 2.36. The van der Waals surface area contributed by atoms with Gasteiger partial charge in [-0.15, -0.1) is 0 Å². The average Bonchev–Trinajstić information content (AvgIpc) is 2.65. The molecule has 3 atom stereocenters. The zero-order valence-corrected chi connectivity index (χ0v) is 13.0. The summed E-state index contributed by atoms with van der Waals surface area (Å²) in [7, 11) is 1.23. The molecule has 2 heterocycles. The largest absolute Gasteiger partial charge is 0.416 e. The van der Waals surface area contributed by atoms with Crippen molar-refractivity contribution in [3.63, 3.8) is 0 Å². The number of pyridine rings is 1. The number of nitrogens with zero attached hydrogens (tertiary/aromatic N) is 2. The number of alkyl halides is 3. The maximum absolute atomic E-state index is 13.0. The zero-order chi connectivity index (χ0) is 18.4. The standard InChI is InChI=1S/C14H16F3N3O4/c1-6-4-7(14(15,16)17)5-8(19-6)20-9(11(22)18-3)10(21)13(2,24)12(20)23/h4-5,9-10,21,24H,1-3H3,(H,18,22)/t9?,10-,13?/m0/s1. The molecule has 0 saturated carbocycles. The van der Waals surface area contributed by atoms with Gasteiger partial charge < -0.3 is 15.5 Å². The summed E-state index contributed by atoms with van der Waals surface area (Å²) in [5.74, 6) is -2.43. The molecule has 132 valence electrons. The molecular formula is C14H16F3N3O4. The molecule has 0 spiro atoms. The Labute approximate surface area is 135 Å². The first-order valence-electron chi connectivity index (χ1n) is 6.93. The zero-order valence-electron chi connectivity index (χ0n) is 13.0. The van der Waals surface area contributed by atoms with Gasteiger partial charge in [-0.25, -0.2) is 4.98 Å². The molecule has 10 heteroatoms. The van der Waals surface area contributed by atoms with E-state index in [0.717, 1.165) is 13.0 Å². The fourth-order valence-corrected chi connectivity index (χ4v) is 2.54. The van der Waals surface area contributed by atoms with Gasteiger partial charge in [0.1, 0.15) is 18.0 Å². The highest BCUT2D eigenvalue weighted by atomic mass is 19.4. The molecule has 1 aromatic rings. The van der Waals surface area contributed by atoms with Crippen molar-refractivity contribution < 1.29 is 33.0 Å². The van der Waals surface area contributed by atoms with Crippen LogP contribution < -0.4 is 10.2 Å². The molecule has 7 nitrogen and oxygen atoms in total. The predicted octanol–water partition coefficient (Wildman–Crippen LogP) is -0.0181. The van der Waals surface area contributed by atoms with Crippen LogP contribution in [-0.4, -0.2) is 51.8 Å². The van der Waals surface area contributed by atoms with Crippen LogP contribution in [-0.2, 0) is 15.8 Å². The Hall–Kier alpha value is -2.20. The lowest BCUT2D eigenvalue weighted by atomic mass is 9.98. The number of anilines is 1. The lowest BCUT2D eigenvalue weighted by Gasteiger charge is -2.24. The van der Waals surface area contributed by atoms with Crippen molar-refractivity contribution in [3.05, 3.63) is 23.4 Å². The second kappa shape index (κ2) is 5.71. The summed E-state index contributed by atoms with van der Waals surface area (Å²) in [6.45, 7) is 2.28. The molecule has 2 amide bonds. The number of amides is 2. The van der Waals surface area contributed by atoms with Crippen molar-refractivity contribution in [3.8, 4) is 0 Å². The van der Waals surface area contributed by atoms with Crippen LogP contribution in [0.2, 0.25) is 0 Å². The predicted molar refractivity (Wildman–Crippen MR) is 75.9 cm³/mol. The van der Waals surface area contributed by atoms with Gasteiger partial charge in [-0.05, 0) is 26.0 Å². The molecule has 0 radical (unpaired) electrons. The number of carbonyl (C=O) groups is 2. The quantitative estimate of drug-likeness (QED) is 0.698. The minimum Gasteiger partial charge on any atom is -0.387 e. The highest BCUT2D eigenvalue weighted by Gasteiger charge is 2.58. The van der Waals surface area contributed by atoms with Crippen molar-refractivity contribution in [2.24, 2.45) is 0 Å². The summed E-state index contributed by atoms with van der Waals surface area (Å²) < 4.78 is 38.9. The van der Waals surface area contributed by atoms with E-state index in [0.29, 0.717) is 11.0 Å². The van der Waals surface area contributed by atoms with Gasteiger partial charge >= 0.3 is 6.18 Å². The number of aromatic nitrogens is 1. The third-order valence-electron chi connectivity index (χ3n) is 3.83. The van der Waals surface area contributed by atoms with Crippen LogP contribution in [0.3, 0.4) is 0 Å². The molecule has 1 aliphatic rings. The van der Waals surface area contributed by atoms with Gasteiger partial charge in [-0.3, -0.25) is 14.5 Å². The Kier molecular flexibility index (Phi) is 4.31. The van der Waals surface area contributed by atoms with Gasteiger partial charge in [0.25, 0.3) is 5.91 Å². The molecule has 0 bridgehead atoms. The molecule has 1 saturated heterocycles. The first kappa shape index (κ1) is 18.1. The average molecular weight is 347 g/mol. The van der Waals surface area contributed by atoms with Crippen molar-refractivity contribution in [1.82, 2.24) is 10.3 Å². The summed E-state index contributed by atoms with van der Waals surface area (Å²) in [5, 5.41) is 22.4. The third-order valence-corrected chi connectivity index (χ3v) is 3.83. The minimum absolute atomic E-state index is 0.0377. The summed E-state index contributed by atoms with van der Waals surface area (Å²) in [5.41, 5.74) is -3.43. The number of carbonyl (C=O) groups excluding carboxylic acids is 2. The van der Waals surface area contributed by atoms with E-state index in [1.54, 1.807) is 0 Å². The maximum atomic E-state index is 13.0. The number of aryl methyl sites for hydroxylation is 1. The number of halogens is 3. The van der Waals surface area contributed by atoms with Crippen LogP contribution in [0.5, 0.6) is 0 Å². The molecule has 2 rings (SSSR count). The number of likely N-dealkylation sites (N-methyl/N-ethyl adjacent to an activating group) is 1. The molecule has 3 N–H and O–H groups in total. The van der Waals surface area contributed by atoms with Crippen LogP contribution in [0.15, 0.2) is 12.1 Å². The van der Waals surface area contributed by atoms with Gasteiger partial charge in [0.2, 0.25) is 5.91 Å². The van der Waals surface area contributed by atoms with E-state index >= 15 is 0 Å². The normalized spacial score (nSPS) is 27.5. The van der Waals surface area contributed by atoms with Crippen molar-refractivity contribution in [1.29, 1.82) is 0 Å². The molecule has 0 aliphatic carbocycles. The van der Waals surface area contributed by atoms with Gasteiger partial charge in [0, 0.05) is 12.7 Å². The monoisotopic (exact) mass is 347 g/mol. The van der Waals surface area contributed by atoms with Gasteiger partial charge in [0.05, 0.1) is 5.56 Å². The van der Waals surface area contributed by atoms with E-state index in [9.17, 15) is 33.0 Å². The van der Waals surface area contributed by atoms with Gasteiger partial charge in [-0.1, -0.05) is 0 Å². The molecule has 2 unspecified atom stereocenters. The highest BCUT2D eigenvalue weighted by molar-refractivity contribution is 6.08. The van der Waals surface area contributed by atoms with Crippen molar-refractivity contribution in [2.45, 2.75) is 37.8 Å². The van der Waals surface area contributed by atoms with E-state index in [-0.39, 0.29) is 5.69 Å². The summed E-state index contributed by atoms with van der Waals surface area (Å²) >= 11 is 0. The number of hydrogen-bond acceptors (Lipinski definition) is 5. The molecule has 1 fully saturated rings. The second-order valence-corrected chi connectivity index (χ2v) is 5.68. The van der Waals surface area contributed by atoms with Crippen molar-refractivity contribution >= 4 is 17.6 Å². The van der Waals surface area contributed by atoms with Crippen LogP contribution in [0, 0.1) is 6.92 Å². The first-order valence-corrected chi connectivity index (χ1v) is 6.93. The first-order chi connectivity index (χ1) is 10.9. The van der Waals surface area contributed by atoms with Gasteiger partial charge in [-0.2, -0.15) is 13.2 Å². The fourth-order valence-electron chi connectivity index (χ4n) is 2.54. The van der Waals surface area contributed by atoms with Crippen molar-refractivity contribution in [2.75, 3.05) is 11.9 Å². The summed E-state index contributed by atoms with van der Waals surface area (Å²) in [4.78, 5) is 28.8. The fraction of sp³-hybridized carbons (Fsp3) is 0.500. The minimum atomic E-state index is -4.69. The second-order valence-electron chi connectivity index (χ2n) is 5.68. The molecule has 1 aromatic heterocycles. The van der Waals surface area contributed by atoms with Crippen LogP contribution in [0.1, 0.15) is 18.2 Å². The smallest absolute Gasteiger partial charge is 0.387 e. The summed E-state index contributed by atoms with van der Waals surface area (Å²) in [6.07, 6.45) is -6.52. The van der Waals surface area contributed by atoms with E-state index in [1.807, 2.05) is 0 Å². The Morgan fingerprint density at radius 3 is 2.50 bits per heavy atom. The van der Waals surface area contributed by atoms with E-state index in [4.69, 9.17) is 0 Å². The number of nitrogens with one attached hydrogen (secondary N) is 1. The van der Waals surface area contributed by atoms with E-state index < -0.39 is 47.1 Å². The Morgan fingerprint density at radius 2 is 2.00 bits per heavy atom. The summed E-state index contributed by atoms with van der Waals surface area (Å²) in [6, 6.07) is -0.226. The number of aliphatic hydroxyl groups is 2. The Bertz CT molecular complexity index is 690. The Morgan fingerprint density at radius 1 is 1.42 bits per heavy atom. The molecule has 1 aliphatic heterocycles. The molecule has 0 aromatic carbocycles. The third kappa shape index (κ3) is 2.82. The topological polar surface area (TPSA) is 103 Å². The van der Waals surface area contributed by atoms with E-state index in [1.165, 1.54) is 14.0 Å². The molecule has 24 heavy (non-hydrogen) atoms. The van der Waals surface area contributed by atoms with Crippen LogP contribution >= 0.6 is 0 Å².